The van der Waals surface area contributed by atoms with Crippen LogP contribution in [0.25, 0.3) is 12.2 Å². The molecule has 0 unspecified atom stereocenters. The summed E-state index contributed by atoms with van der Waals surface area (Å²) in [5.74, 6) is 1.07. The van der Waals surface area contributed by atoms with Gasteiger partial charge in [0, 0.05) is 37.1 Å². The average Bonchev–Trinajstić information content (AvgIpc) is 3.15. The first kappa shape index (κ1) is 13.9. The van der Waals surface area contributed by atoms with E-state index in [1.165, 1.54) is 0 Å². The van der Waals surface area contributed by atoms with Crippen molar-refractivity contribution in [3.63, 3.8) is 0 Å². The van der Waals surface area contributed by atoms with Crippen molar-refractivity contribution in [1.82, 2.24) is 9.88 Å². The van der Waals surface area contributed by atoms with E-state index in [0.717, 1.165) is 31.1 Å². The van der Waals surface area contributed by atoms with Crippen molar-refractivity contribution in [2.24, 2.45) is 0 Å². The molecule has 0 aliphatic carbocycles. The van der Waals surface area contributed by atoms with E-state index in [-0.39, 0.29) is 0 Å². The Labute approximate surface area is 127 Å². The van der Waals surface area contributed by atoms with Crippen LogP contribution in [0.1, 0.15) is 16.5 Å². The van der Waals surface area contributed by atoms with E-state index in [9.17, 15) is 5.26 Å². The van der Waals surface area contributed by atoms with E-state index in [4.69, 9.17) is 4.42 Å². The molecule has 108 valence electrons. The summed E-state index contributed by atoms with van der Waals surface area (Å²) in [4.78, 5) is 9.74. The summed E-state index contributed by atoms with van der Waals surface area (Å²) in [5, 5.41) is 11.3. The smallest absolute Gasteiger partial charge is 0.235 e. The number of nitrogens with zero attached hydrogens (tertiary/aromatic N) is 4. The SMILES string of the molecule is CN1CCN(c2oc(/C=C/c3cccs3)nc2C#N)CC1. The topological polar surface area (TPSA) is 56.3 Å². The molecule has 5 nitrogen and oxygen atoms in total. The molecular formula is C15H16N4OS. The van der Waals surface area contributed by atoms with Crippen LogP contribution in [0.4, 0.5) is 5.88 Å². The molecule has 0 saturated carbocycles. The highest BCUT2D eigenvalue weighted by Gasteiger charge is 2.22. The number of hydrogen-bond acceptors (Lipinski definition) is 6. The second-order valence-electron chi connectivity index (χ2n) is 4.96. The second-order valence-corrected chi connectivity index (χ2v) is 5.94. The van der Waals surface area contributed by atoms with Crippen LogP contribution in [0.5, 0.6) is 0 Å². The summed E-state index contributed by atoms with van der Waals surface area (Å²) in [6.07, 6.45) is 3.76. The first-order chi connectivity index (χ1) is 10.3. The number of rotatable bonds is 3. The fourth-order valence-corrected chi connectivity index (χ4v) is 2.85. The minimum atomic E-state index is 0.366. The fourth-order valence-electron chi connectivity index (χ4n) is 2.24. The monoisotopic (exact) mass is 300 g/mol. The summed E-state index contributed by atoms with van der Waals surface area (Å²) < 4.78 is 5.77. The summed E-state index contributed by atoms with van der Waals surface area (Å²) in [7, 11) is 2.10. The van der Waals surface area contributed by atoms with Gasteiger partial charge in [-0.05, 0) is 24.6 Å². The quantitative estimate of drug-likeness (QED) is 0.872. The molecular weight excluding hydrogens is 284 g/mol. The zero-order valence-corrected chi connectivity index (χ0v) is 12.6. The molecule has 0 spiro atoms. The molecule has 2 aromatic rings. The van der Waals surface area contributed by atoms with Gasteiger partial charge >= 0.3 is 0 Å². The van der Waals surface area contributed by atoms with Gasteiger partial charge in [-0.2, -0.15) is 10.2 Å². The lowest BCUT2D eigenvalue weighted by Gasteiger charge is -2.31. The molecule has 0 aromatic carbocycles. The Morgan fingerprint density at radius 2 is 2.14 bits per heavy atom. The van der Waals surface area contributed by atoms with Crippen LogP contribution in [0.15, 0.2) is 21.9 Å². The van der Waals surface area contributed by atoms with E-state index in [0.29, 0.717) is 17.5 Å². The molecule has 0 bridgehead atoms. The number of likely N-dealkylation sites (N-methyl/N-ethyl adjacent to an activating group) is 1. The molecule has 1 fully saturated rings. The summed E-state index contributed by atoms with van der Waals surface area (Å²) >= 11 is 1.65. The zero-order chi connectivity index (χ0) is 14.7. The van der Waals surface area contributed by atoms with Crippen molar-refractivity contribution < 1.29 is 4.42 Å². The van der Waals surface area contributed by atoms with E-state index in [2.05, 4.69) is 27.9 Å². The van der Waals surface area contributed by atoms with Crippen LogP contribution in [-0.4, -0.2) is 43.1 Å². The molecule has 0 N–H and O–H groups in total. The molecule has 1 aliphatic heterocycles. The average molecular weight is 300 g/mol. The van der Waals surface area contributed by atoms with Crippen molar-refractivity contribution >= 4 is 29.4 Å². The van der Waals surface area contributed by atoms with Crippen molar-refractivity contribution in [2.75, 3.05) is 38.1 Å². The van der Waals surface area contributed by atoms with Gasteiger partial charge in [-0.15, -0.1) is 11.3 Å². The summed E-state index contributed by atoms with van der Waals surface area (Å²) in [5.41, 5.74) is 0.366. The molecule has 0 radical (unpaired) electrons. The number of thiophene rings is 1. The van der Waals surface area contributed by atoms with Gasteiger partial charge in [0.05, 0.1) is 0 Å². The molecule has 3 heterocycles. The lowest BCUT2D eigenvalue weighted by Crippen LogP contribution is -2.44. The van der Waals surface area contributed by atoms with Gasteiger partial charge in [0.2, 0.25) is 17.5 Å². The first-order valence-electron chi connectivity index (χ1n) is 6.82. The minimum absolute atomic E-state index is 0.366. The zero-order valence-electron chi connectivity index (χ0n) is 11.8. The molecule has 1 aliphatic rings. The number of anilines is 1. The Balaban J connectivity index is 1.80. The van der Waals surface area contributed by atoms with E-state index in [1.54, 1.807) is 11.3 Å². The molecule has 6 heteroatoms. The Morgan fingerprint density at radius 1 is 1.33 bits per heavy atom. The Kier molecular flexibility index (Phi) is 4.04. The number of nitriles is 1. The second kappa shape index (κ2) is 6.12. The number of piperazine rings is 1. The maximum Gasteiger partial charge on any atom is 0.235 e. The molecule has 2 aromatic heterocycles. The van der Waals surface area contributed by atoms with Gasteiger partial charge in [-0.1, -0.05) is 6.07 Å². The van der Waals surface area contributed by atoms with E-state index >= 15 is 0 Å². The first-order valence-corrected chi connectivity index (χ1v) is 7.70. The maximum atomic E-state index is 9.23. The highest BCUT2D eigenvalue weighted by molar-refractivity contribution is 7.10. The van der Waals surface area contributed by atoms with Crippen LogP contribution >= 0.6 is 11.3 Å². The van der Waals surface area contributed by atoms with Crippen LogP contribution in [0, 0.1) is 11.3 Å². The molecule has 3 rings (SSSR count). The van der Waals surface area contributed by atoms with Gasteiger partial charge in [0.25, 0.3) is 0 Å². The predicted octanol–water partition coefficient (Wildman–Crippen LogP) is 2.53. The molecule has 21 heavy (non-hydrogen) atoms. The normalized spacial score (nSPS) is 16.5. The lowest BCUT2D eigenvalue weighted by atomic mass is 10.3. The predicted molar refractivity (Wildman–Crippen MR) is 84.2 cm³/mol. The van der Waals surface area contributed by atoms with Gasteiger partial charge in [0.1, 0.15) is 6.07 Å². The van der Waals surface area contributed by atoms with Crippen molar-refractivity contribution in [1.29, 1.82) is 5.26 Å². The fraction of sp³-hybridized carbons (Fsp3) is 0.333. The number of hydrogen-bond donors (Lipinski definition) is 0. The summed E-state index contributed by atoms with van der Waals surface area (Å²) in [6.45, 7) is 3.64. The number of aromatic nitrogens is 1. The standard InChI is InChI=1S/C15H16N4OS/c1-18-6-8-19(9-7-18)15-13(11-16)17-14(20-15)5-4-12-3-2-10-21-12/h2-5,10H,6-9H2,1H3/b5-4+. The van der Waals surface area contributed by atoms with Gasteiger partial charge in [-0.3, -0.25) is 0 Å². The minimum Gasteiger partial charge on any atom is -0.420 e. The van der Waals surface area contributed by atoms with Crippen molar-refractivity contribution in [2.45, 2.75) is 0 Å². The third-order valence-corrected chi connectivity index (χ3v) is 4.29. The van der Waals surface area contributed by atoms with Gasteiger partial charge in [-0.25, -0.2) is 0 Å². The van der Waals surface area contributed by atoms with Crippen molar-refractivity contribution in [3.8, 4) is 6.07 Å². The van der Waals surface area contributed by atoms with Crippen molar-refractivity contribution in [3.05, 3.63) is 34.0 Å². The highest BCUT2D eigenvalue weighted by atomic mass is 32.1. The molecule has 0 atom stereocenters. The third-order valence-electron chi connectivity index (χ3n) is 3.46. The Morgan fingerprint density at radius 3 is 2.81 bits per heavy atom. The van der Waals surface area contributed by atoms with Crippen LogP contribution in [-0.2, 0) is 0 Å². The van der Waals surface area contributed by atoms with Gasteiger partial charge < -0.3 is 14.2 Å². The maximum absolute atomic E-state index is 9.23. The highest BCUT2D eigenvalue weighted by Crippen LogP contribution is 2.24. The summed E-state index contributed by atoms with van der Waals surface area (Å²) in [6, 6.07) is 6.15. The van der Waals surface area contributed by atoms with Crippen LogP contribution in [0.2, 0.25) is 0 Å². The third kappa shape index (κ3) is 3.15. The van der Waals surface area contributed by atoms with Crippen LogP contribution in [0.3, 0.4) is 0 Å². The van der Waals surface area contributed by atoms with Gasteiger partial charge in [0.15, 0.2) is 0 Å². The van der Waals surface area contributed by atoms with E-state index in [1.807, 2.05) is 29.7 Å². The largest absolute Gasteiger partial charge is 0.420 e. The molecule has 0 amide bonds. The molecule has 1 saturated heterocycles. The van der Waals surface area contributed by atoms with Crippen LogP contribution < -0.4 is 4.90 Å². The lowest BCUT2D eigenvalue weighted by molar-refractivity contribution is 0.306. The number of oxazole rings is 1. The Bertz CT molecular complexity index is 660. The van der Waals surface area contributed by atoms with E-state index < -0.39 is 0 Å². The Hall–Kier alpha value is -2.10.